The van der Waals surface area contributed by atoms with Gasteiger partial charge in [0.15, 0.2) is 0 Å². The SMILES string of the molecule is O=C(NC1CCCCC1)C(Cl)c1ccc(Cl)c(F)c1. The molecule has 1 N–H and O–H groups in total. The highest BCUT2D eigenvalue weighted by molar-refractivity contribution is 6.31. The van der Waals surface area contributed by atoms with E-state index in [1.54, 1.807) is 6.07 Å². The maximum Gasteiger partial charge on any atom is 0.242 e. The summed E-state index contributed by atoms with van der Waals surface area (Å²) in [5.41, 5.74) is 0.428. The van der Waals surface area contributed by atoms with E-state index in [2.05, 4.69) is 5.32 Å². The normalized spacial score (nSPS) is 18.1. The minimum Gasteiger partial charge on any atom is -0.352 e. The lowest BCUT2D eigenvalue weighted by atomic mass is 9.95. The Morgan fingerprint density at radius 3 is 2.63 bits per heavy atom. The molecule has 0 heterocycles. The van der Waals surface area contributed by atoms with Crippen molar-refractivity contribution in [2.45, 2.75) is 43.5 Å². The van der Waals surface area contributed by atoms with Gasteiger partial charge < -0.3 is 5.32 Å². The molecule has 1 saturated carbocycles. The Kier molecular flexibility index (Phi) is 5.06. The van der Waals surface area contributed by atoms with Crippen LogP contribution in [0.25, 0.3) is 0 Å². The number of carbonyl (C=O) groups is 1. The Balaban J connectivity index is 1.99. The van der Waals surface area contributed by atoms with E-state index in [1.165, 1.54) is 18.6 Å². The van der Waals surface area contributed by atoms with Crippen molar-refractivity contribution in [1.29, 1.82) is 0 Å². The third-order valence-electron chi connectivity index (χ3n) is 3.42. The molecule has 1 aliphatic rings. The maximum absolute atomic E-state index is 13.3. The number of nitrogens with one attached hydrogen (secondary N) is 1. The Hall–Kier alpha value is -0.800. The minimum atomic E-state index is -0.881. The summed E-state index contributed by atoms with van der Waals surface area (Å²) >= 11 is 11.7. The van der Waals surface area contributed by atoms with Crippen molar-refractivity contribution in [2.24, 2.45) is 0 Å². The summed E-state index contributed by atoms with van der Waals surface area (Å²) in [4.78, 5) is 12.0. The summed E-state index contributed by atoms with van der Waals surface area (Å²) in [6.45, 7) is 0. The van der Waals surface area contributed by atoms with Crippen LogP contribution in [0.15, 0.2) is 18.2 Å². The minimum absolute atomic E-state index is 0.0281. The van der Waals surface area contributed by atoms with Gasteiger partial charge in [-0.3, -0.25) is 4.79 Å². The monoisotopic (exact) mass is 303 g/mol. The van der Waals surface area contributed by atoms with E-state index < -0.39 is 11.2 Å². The first-order valence-corrected chi connectivity index (χ1v) is 7.29. The number of hydrogen-bond acceptors (Lipinski definition) is 1. The number of benzene rings is 1. The van der Waals surface area contributed by atoms with Gasteiger partial charge in [0, 0.05) is 6.04 Å². The van der Waals surface area contributed by atoms with Crippen molar-refractivity contribution in [3.63, 3.8) is 0 Å². The van der Waals surface area contributed by atoms with E-state index in [9.17, 15) is 9.18 Å². The number of halogens is 3. The summed E-state index contributed by atoms with van der Waals surface area (Å²) in [5.74, 6) is -0.828. The number of amides is 1. The molecule has 2 nitrogen and oxygen atoms in total. The van der Waals surface area contributed by atoms with Gasteiger partial charge in [-0.1, -0.05) is 36.9 Å². The van der Waals surface area contributed by atoms with Crippen molar-refractivity contribution in [3.05, 3.63) is 34.6 Å². The van der Waals surface area contributed by atoms with Gasteiger partial charge in [0.1, 0.15) is 11.2 Å². The molecule has 1 aliphatic carbocycles. The van der Waals surface area contributed by atoms with Gasteiger partial charge in [-0.2, -0.15) is 0 Å². The van der Waals surface area contributed by atoms with Gasteiger partial charge >= 0.3 is 0 Å². The fourth-order valence-corrected chi connectivity index (χ4v) is 2.66. The third kappa shape index (κ3) is 3.83. The molecular formula is C14H16Cl2FNO. The van der Waals surface area contributed by atoms with E-state index in [4.69, 9.17) is 23.2 Å². The standard InChI is InChI=1S/C14H16Cl2FNO/c15-11-7-6-9(8-12(11)17)13(16)14(19)18-10-4-2-1-3-5-10/h6-8,10,13H,1-5H2,(H,18,19). The molecule has 5 heteroatoms. The van der Waals surface area contributed by atoms with Gasteiger partial charge in [-0.05, 0) is 30.5 Å². The predicted molar refractivity (Wildman–Crippen MR) is 75.0 cm³/mol. The molecule has 0 bridgehead atoms. The molecule has 1 amide bonds. The molecule has 0 aromatic heterocycles. The Labute approximate surface area is 122 Å². The molecule has 1 aromatic carbocycles. The lowest BCUT2D eigenvalue weighted by Crippen LogP contribution is -2.38. The number of hydrogen-bond donors (Lipinski definition) is 1. The summed E-state index contributed by atoms with van der Waals surface area (Å²) in [5, 5.41) is 2.07. The Morgan fingerprint density at radius 2 is 2.00 bits per heavy atom. The van der Waals surface area contributed by atoms with Crippen molar-refractivity contribution in [1.82, 2.24) is 5.32 Å². The molecule has 0 spiro atoms. The van der Waals surface area contributed by atoms with Gasteiger partial charge in [0.05, 0.1) is 5.02 Å². The molecule has 2 rings (SSSR count). The third-order valence-corrected chi connectivity index (χ3v) is 4.17. The Morgan fingerprint density at radius 1 is 1.32 bits per heavy atom. The van der Waals surface area contributed by atoms with Crippen molar-refractivity contribution < 1.29 is 9.18 Å². The van der Waals surface area contributed by atoms with E-state index in [1.807, 2.05) is 0 Å². The zero-order valence-corrected chi connectivity index (χ0v) is 12.0. The van der Waals surface area contributed by atoms with Gasteiger partial charge in [-0.25, -0.2) is 4.39 Å². The van der Waals surface area contributed by atoms with Gasteiger partial charge in [0.2, 0.25) is 5.91 Å². The van der Waals surface area contributed by atoms with Crippen LogP contribution in [-0.2, 0) is 4.79 Å². The molecule has 104 valence electrons. The summed E-state index contributed by atoms with van der Waals surface area (Å²) < 4.78 is 13.3. The van der Waals surface area contributed by atoms with Gasteiger partial charge in [0.25, 0.3) is 0 Å². The van der Waals surface area contributed by atoms with E-state index in [0.717, 1.165) is 25.7 Å². The molecular weight excluding hydrogens is 288 g/mol. The van der Waals surface area contributed by atoms with Crippen molar-refractivity contribution in [2.75, 3.05) is 0 Å². The second-order valence-corrected chi connectivity index (χ2v) is 5.72. The fraction of sp³-hybridized carbons (Fsp3) is 0.500. The van der Waals surface area contributed by atoms with Crippen LogP contribution >= 0.6 is 23.2 Å². The second kappa shape index (κ2) is 6.58. The summed E-state index contributed by atoms with van der Waals surface area (Å²) in [7, 11) is 0. The summed E-state index contributed by atoms with van der Waals surface area (Å²) in [6, 6.07) is 4.39. The van der Waals surface area contributed by atoms with Crippen LogP contribution in [0.5, 0.6) is 0 Å². The smallest absolute Gasteiger partial charge is 0.242 e. The van der Waals surface area contributed by atoms with Crippen LogP contribution in [0.4, 0.5) is 4.39 Å². The fourth-order valence-electron chi connectivity index (χ4n) is 2.34. The first-order valence-electron chi connectivity index (χ1n) is 6.47. The molecule has 1 aromatic rings. The highest BCUT2D eigenvalue weighted by atomic mass is 35.5. The zero-order valence-electron chi connectivity index (χ0n) is 10.5. The number of alkyl halides is 1. The predicted octanol–water partition coefficient (Wildman–Crippen LogP) is 4.21. The quantitative estimate of drug-likeness (QED) is 0.833. The van der Waals surface area contributed by atoms with E-state index in [0.29, 0.717) is 5.56 Å². The van der Waals surface area contributed by atoms with Crippen LogP contribution in [0.2, 0.25) is 5.02 Å². The maximum atomic E-state index is 13.3. The number of rotatable bonds is 3. The lowest BCUT2D eigenvalue weighted by Gasteiger charge is -2.24. The molecule has 0 saturated heterocycles. The van der Waals surface area contributed by atoms with Crippen LogP contribution < -0.4 is 5.32 Å². The number of carbonyl (C=O) groups excluding carboxylic acids is 1. The van der Waals surface area contributed by atoms with Crippen molar-refractivity contribution >= 4 is 29.1 Å². The van der Waals surface area contributed by atoms with E-state index >= 15 is 0 Å². The van der Waals surface area contributed by atoms with E-state index in [-0.39, 0.29) is 17.0 Å². The second-order valence-electron chi connectivity index (χ2n) is 4.88. The molecule has 19 heavy (non-hydrogen) atoms. The highest BCUT2D eigenvalue weighted by Crippen LogP contribution is 2.26. The first-order chi connectivity index (χ1) is 9.08. The lowest BCUT2D eigenvalue weighted by molar-refractivity contribution is -0.121. The van der Waals surface area contributed by atoms with Gasteiger partial charge in [-0.15, -0.1) is 11.6 Å². The molecule has 1 atom stereocenters. The van der Waals surface area contributed by atoms with Crippen molar-refractivity contribution in [3.8, 4) is 0 Å². The molecule has 0 aliphatic heterocycles. The molecule has 0 radical (unpaired) electrons. The molecule has 1 unspecified atom stereocenters. The topological polar surface area (TPSA) is 29.1 Å². The van der Waals surface area contributed by atoms with Crippen LogP contribution in [0.3, 0.4) is 0 Å². The summed E-state index contributed by atoms with van der Waals surface area (Å²) in [6.07, 6.45) is 5.47. The zero-order chi connectivity index (χ0) is 13.8. The first kappa shape index (κ1) is 14.6. The van der Waals surface area contributed by atoms with Crippen LogP contribution in [0, 0.1) is 5.82 Å². The largest absolute Gasteiger partial charge is 0.352 e. The van der Waals surface area contributed by atoms with Crippen LogP contribution in [0.1, 0.15) is 43.0 Å². The highest BCUT2D eigenvalue weighted by Gasteiger charge is 2.22. The van der Waals surface area contributed by atoms with Crippen LogP contribution in [-0.4, -0.2) is 11.9 Å². The molecule has 1 fully saturated rings. The average molecular weight is 304 g/mol. The average Bonchev–Trinajstić information content (AvgIpc) is 2.42. The Bertz CT molecular complexity index is 461.